The highest BCUT2D eigenvalue weighted by Crippen LogP contribution is 2.42. The summed E-state index contributed by atoms with van der Waals surface area (Å²) in [6, 6.07) is 0.168. The van der Waals surface area contributed by atoms with E-state index in [1.807, 2.05) is 18.2 Å². The normalized spacial score (nSPS) is 11.8. The van der Waals surface area contributed by atoms with E-state index in [9.17, 15) is 23.1 Å². The molecule has 0 unspecified atom stereocenters. The smallest absolute Gasteiger partial charge is 0.451 e. The summed E-state index contributed by atoms with van der Waals surface area (Å²) in [6.07, 6.45) is -4.73. The number of anilines is 2. The van der Waals surface area contributed by atoms with Gasteiger partial charge in [-0.1, -0.05) is 13.8 Å². The number of aromatic hydroxyl groups is 1. The van der Waals surface area contributed by atoms with Crippen molar-refractivity contribution in [3.8, 4) is 5.75 Å². The SMILES string of the molecule is CCN(CC)Sc1scc(NC(=O)Nc2cc(C)oc2C(F)(F)F)c1O. The minimum Gasteiger partial charge on any atom is -0.504 e. The Bertz CT molecular complexity index is 770. The summed E-state index contributed by atoms with van der Waals surface area (Å²) in [7, 11) is 0. The number of urea groups is 1. The molecule has 2 aromatic heterocycles. The molecule has 0 atom stereocenters. The minimum absolute atomic E-state index is 0.0175. The molecule has 0 saturated carbocycles. The van der Waals surface area contributed by atoms with E-state index in [0.29, 0.717) is 4.21 Å². The second-order valence-corrected chi connectivity index (χ2v) is 7.41. The van der Waals surface area contributed by atoms with Crippen molar-refractivity contribution >= 4 is 40.7 Å². The van der Waals surface area contributed by atoms with Gasteiger partial charge in [-0.15, -0.1) is 11.3 Å². The largest absolute Gasteiger partial charge is 0.504 e. The van der Waals surface area contributed by atoms with Gasteiger partial charge in [-0.05, 0) is 18.9 Å². The number of carbonyl (C=O) groups excluding carboxylic acids is 1. The molecule has 0 radical (unpaired) electrons. The average Bonchev–Trinajstić information content (AvgIpc) is 3.08. The van der Waals surface area contributed by atoms with Crippen LogP contribution in [0.1, 0.15) is 25.4 Å². The molecule has 0 bridgehead atoms. The quantitative estimate of drug-likeness (QED) is 0.560. The van der Waals surface area contributed by atoms with Gasteiger partial charge in [0, 0.05) is 24.5 Å². The first-order valence-electron chi connectivity index (χ1n) is 7.64. The number of hydrogen-bond donors (Lipinski definition) is 3. The van der Waals surface area contributed by atoms with Crippen LogP contribution in [-0.2, 0) is 6.18 Å². The van der Waals surface area contributed by atoms with Crippen LogP contribution in [0.3, 0.4) is 0 Å². The molecule has 26 heavy (non-hydrogen) atoms. The third-order valence-electron chi connectivity index (χ3n) is 3.26. The number of nitrogens with one attached hydrogen (secondary N) is 2. The van der Waals surface area contributed by atoms with Crippen LogP contribution in [0.5, 0.6) is 5.75 Å². The van der Waals surface area contributed by atoms with Gasteiger partial charge in [0.15, 0.2) is 5.75 Å². The molecule has 0 saturated heterocycles. The Hall–Kier alpha value is -1.85. The first kappa shape index (κ1) is 20.5. The van der Waals surface area contributed by atoms with Crippen molar-refractivity contribution in [1.82, 2.24) is 4.31 Å². The predicted molar refractivity (Wildman–Crippen MR) is 95.9 cm³/mol. The van der Waals surface area contributed by atoms with Crippen molar-refractivity contribution in [2.45, 2.75) is 31.2 Å². The molecule has 2 heterocycles. The van der Waals surface area contributed by atoms with E-state index in [2.05, 4.69) is 15.1 Å². The number of thiophene rings is 1. The molecule has 2 amide bonds. The number of halogens is 3. The molecule has 11 heteroatoms. The molecule has 0 aliphatic heterocycles. The van der Waals surface area contributed by atoms with Crippen LogP contribution in [0, 0.1) is 6.92 Å². The number of aryl methyl sites for hydroxylation is 1. The third-order valence-corrected chi connectivity index (χ3v) is 5.67. The second-order valence-electron chi connectivity index (χ2n) is 5.17. The summed E-state index contributed by atoms with van der Waals surface area (Å²) < 4.78 is 45.8. The van der Waals surface area contributed by atoms with Crippen LogP contribution in [0.15, 0.2) is 20.1 Å². The van der Waals surface area contributed by atoms with Crippen LogP contribution >= 0.6 is 23.3 Å². The number of furan rings is 1. The fourth-order valence-electron chi connectivity index (χ4n) is 2.05. The highest BCUT2D eigenvalue weighted by molar-refractivity contribution is 7.99. The molecule has 2 aromatic rings. The maximum absolute atomic E-state index is 12.9. The van der Waals surface area contributed by atoms with Crippen LogP contribution < -0.4 is 10.6 Å². The number of alkyl halides is 3. The average molecular weight is 409 g/mol. The van der Waals surface area contributed by atoms with E-state index >= 15 is 0 Å². The summed E-state index contributed by atoms with van der Waals surface area (Å²) in [5.41, 5.74) is -0.365. The Kier molecular flexibility index (Phi) is 6.48. The Balaban J connectivity index is 2.09. The molecule has 144 valence electrons. The van der Waals surface area contributed by atoms with Gasteiger partial charge >= 0.3 is 12.2 Å². The van der Waals surface area contributed by atoms with Crippen LogP contribution in [0.2, 0.25) is 0 Å². The molecule has 0 fully saturated rings. The summed E-state index contributed by atoms with van der Waals surface area (Å²) in [4.78, 5) is 12.0. The Morgan fingerprint density at radius 3 is 2.50 bits per heavy atom. The Morgan fingerprint density at radius 1 is 1.31 bits per heavy atom. The van der Waals surface area contributed by atoms with Gasteiger partial charge in [0.25, 0.3) is 0 Å². The van der Waals surface area contributed by atoms with Crippen molar-refractivity contribution in [1.29, 1.82) is 0 Å². The lowest BCUT2D eigenvalue weighted by molar-refractivity contribution is -0.152. The molecular weight excluding hydrogens is 391 g/mol. The van der Waals surface area contributed by atoms with Gasteiger partial charge in [-0.3, -0.25) is 0 Å². The lowest BCUT2D eigenvalue weighted by atomic mass is 10.3. The molecule has 2 rings (SSSR count). The molecule has 0 aromatic carbocycles. The van der Waals surface area contributed by atoms with Gasteiger partial charge in [0.05, 0.1) is 11.4 Å². The van der Waals surface area contributed by atoms with Gasteiger partial charge in [-0.25, -0.2) is 9.10 Å². The maximum atomic E-state index is 12.9. The summed E-state index contributed by atoms with van der Waals surface area (Å²) >= 11 is 2.57. The highest BCUT2D eigenvalue weighted by atomic mass is 32.2. The maximum Gasteiger partial charge on any atom is 0.451 e. The number of carbonyl (C=O) groups is 1. The summed E-state index contributed by atoms with van der Waals surface area (Å²) in [5.74, 6) is -1.39. The van der Waals surface area contributed by atoms with Crippen LogP contribution in [0.25, 0.3) is 0 Å². The lowest BCUT2D eigenvalue weighted by Gasteiger charge is -2.15. The second kappa shape index (κ2) is 8.23. The zero-order valence-electron chi connectivity index (χ0n) is 14.2. The number of amides is 2. The minimum atomic E-state index is -4.73. The zero-order chi connectivity index (χ0) is 19.5. The van der Waals surface area contributed by atoms with Gasteiger partial charge in [0.2, 0.25) is 5.76 Å². The van der Waals surface area contributed by atoms with Crippen molar-refractivity contribution in [3.63, 3.8) is 0 Å². The van der Waals surface area contributed by atoms with Crippen LogP contribution in [-0.4, -0.2) is 28.5 Å². The Morgan fingerprint density at radius 2 is 1.92 bits per heavy atom. The van der Waals surface area contributed by atoms with Crippen molar-refractivity contribution in [2.75, 3.05) is 23.7 Å². The molecule has 0 aliphatic rings. The molecule has 3 N–H and O–H groups in total. The van der Waals surface area contributed by atoms with E-state index in [0.717, 1.165) is 19.2 Å². The highest BCUT2D eigenvalue weighted by Gasteiger charge is 2.38. The standard InChI is InChI=1S/C15H18F3N3O3S2/c1-4-21(5-2)26-13-11(22)10(7-25-13)20-14(23)19-9-6-8(3)24-12(9)15(16,17)18/h6-7,22H,4-5H2,1-3H3,(H2,19,20,23). The van der Waals surface area contributed by atoms with E-state index < -0.39 is 23.7 Å². The van der Waals surface area contributed by atoms with Crippen molar-refractivity contribution in [2.24, 2.45) is 0 Å². The fourth-order valence-corrected chi connectivity index (χ4v) is 3.99. The number of nitrogens with zero attached hydrogens (tertiary/aromatic N) is 1. The van der Waals surface area contributed by atoms with E-state index in [4.69, 9.17) is 0 Å². The van der Waals surface area contributed by atoms with Gasteiger partial charge in [0.1, 0.15) is 9.97 Å². The number of rotatable bonds is 6. The monoisotopic (exact) mass is 409 g/mol. The van der Waals surface area contributed by atoms with E-state index in [1.165, 1.54) is 35.6 Å². The van der Waals surface area contributed by atoms with E-state index in [-0.39, 0.29) is 17.2 Å². The molecule has 6 nitrogen and oxygen atoms in total. The van der Waals surface area contributed by atoms with Crippen molar-refractivity contribution in [3.05, 3.63) is 23.0 Å². The number of hydrogen-bond acceptors (Lipinski definition) is 6. The Labute approximate surface area is 156 Å². The third kappa shape index (κ3) is 4.86. The summed E-state index contributed by atoms with van der Waals surface area (Å²) in [6.45, 7) is 6.82. The first-order valence-corrected chi connectivity index (χ1v) is 9.30. The fraction of sp³-hybridized carbons (Fsp3) is 0.400. The van der Waals surface area contributed by atoms with Crippen molar-refractivity contribution < 1.29 is 27.5 Å². The van der Waals surface area contributed by atoms with Gasteiger partial charge < -0.3 is 20.2 Å². The first-order chi connectivity index (χ1) is 12.2. The molecular formula is C15H18F3N3O3S2. The summed E-state index contributed by atoms with van der Waals surface area (Å²) in [5, 5.41) is 16.2. The molecule has 0 aliphatic carbocycles. The lowest BCUT2D eigenvalue weighted by Crippen LogP contribution is -2.20. The molecule has 0 spiro atoms. The van der Waals surface area contributed by atoms with Crippen LogP contribution in [0.4, 0.5) is 29.3 Å². The predicted octanol–water partition coefficient (Wildman–Crippen LogP) is 5.37. The van der Waals surface area contributed by atoms with Gasteiger partial charge in [-0.2, -0.15) is 13.2 Å². The zero-order valence-corrected chi connectivity index (χ0v) is 15.9. The van der Waals surface area contributed by atoms with E-state index in [1.54, 1.807) is 0 Å². The topological polar surface area (TPSA) is 77.7 Å².